The fourth-order valence-corrected chi connectivity index (χ4v) is 3.20. The predicted octanol–water partition coefficient (Wildman–Crippen LogP) is 3.03. The molecule has 3 rings (SSSR count). The van der Waals surface area contributed by atoms with Crippen molar-refractivity contribution in [2.45, 2.75) is 52.6 Å². The second-order valence-corrected chi connectivity index (χ2v) is 6.54. The number of benzene rings is 1. The van der Waals surface area contributed by atoms with E-state index in [2.05, 4.69) is 48.1 Å². The summed E-state index contributed by atoms with van der Waals surface area (Å²) in [5.41, 5.74) is 2.62. The van der Waals surface area contributed by atoms with Crippen LogP contribution in [0.5, 0.6) is 0 Å². The van der Waals surface area contributed by atoms with Gasteiger partial charge in [-0.1, -0.05) is 31.2 Å². The lowest BCUT2D eigenvalue weighted by molar-refractivity contribution is 0.204. The molecule has 2 aromatic rings. The van der Waals surface area contributed by atoms with E-state index in [4.69, 9.17) is 12.2 Å². The second-order valence-electron chi connectivity index (χ2n) is 6.17. The van der Waals surface area contributed by atoms with Crippen molar-refractivity contribution < 1.29 is 5.11 Å². The Morgan fingerprint density at radius 3 is 2.70 bits per heavy atom. The van der Waals surface area contributed by atoms with E-state index in [0.29, 0.717) is 18.5 Å². The van der Waals surface area contributed by atoms with Crippen LogP contribution in [0.2, 0.25) is 0 Å². The van der Waals surface area contributed by atoms with Crippen molar-refractivity contribution in [3.05, 3.63) is 46.0 Å². The summed E-state index contributed by atoms with van der Waals surface area (Å²) in [4.78, 5) is 2.31. The lowest BCUT2D eigenvalue weighted by atomic mass is 10.1. The van der Waals surface area contributed by atoms with Crippen molar-refractivity contribution in [3.8, 4) is 0 Å². The van der Waals surface area contributed by atoms with E-state index in [1.54, 1.807) is 0 Å². The maximum absolute atomic E-state index is 9.54. The zero-order valence-corrected chi connectivity index (χ0v) is 14.6. The number of hydrogen-bond donors (Lipinski definition) is 1. The van der Waals surface area contributed by atoms with Gasteiger partial charge in [-0.3, -0.25) is 9.47 Å². The number of hydrogen-bond acceptors (Lipinski definition) is 4. The molecule has 0 unspecified atom stereocenters. The Morgan fingerprint density at radius 2 is 2.09 bits per heavy atom. The summed E-state index contributed by atoms with van der Waals surface area (Å²) in [5, 5.41) is 14.1. The minimum absolute atomic E-state index is 0.0585. The van der Waals surface area contributed by atoms with Gasteiger partial charge in [-0.25, -0.2) is 4.68 Å². The zero-order chi connectivity index (χ0) is 16.4. The highest BCUT2D eigenvalue weighted by molar-refractivity contribution is 7.71. The maximum atomic E-state index is 9.54. The third kappa shape index (κ3) is 3.54. The van der Waals surface area contributed by atoms with Crippen LogP contribution in [0.25, 0.3) is 0 Å². The quantitative estimate of drug-likeness (QED) is 0.792. The van der Waals surface area contributed by atoms with Crippen LogP contribution < -0.4 is 0 Å². The van der Waals surface area contributed by atoms with Gasteiger partial charge < -0.3 is 5.11 Å². The molecule has 1 heterocycles. The highest BCUT2D eigenvalue weighted by Crippen LogP contribution is 2.36. The van der Waals surface area contributed by atoms with Crippen molar-refractivity contribution in [2.24, 2.45) is 0 Å². The van der Waals surface area contributed by atoms with Crippen LogP contribution in [-0.2, 0) is 19.8 Å². The molecule has 1 saturated carbocycles. The standard InChI is InChI=1S/C17H24N4OS/c1-3-19(10-14-7-5-4-6-13(14)2)12-20-17(23)21(15-8-9-15)16(11-22)18-20/h4-7,15,22H,3,8-12H2,1-2H3. The number of aliphatic hydroxyl groups excluding tert-OH is 1. The number of nitrogens with zero attached hydrogens (tertiary/aromatic N) is 4. The van der Waals surface area contributed by atoms with Crippen LogP contribution in [0.3, 0.4) is 0 Å². The molecule has 1 fully saturated rings. The molecule has 1 aliphatic rings. The van der Waals surface area contributed by atoms with E-state index in [9.17, 15) is 5.11 Å². The van der Waals surface area contributed by atoms with Crippen LogP contribution in [0.4, 0.5) is 0 Å². The molecule has 0 amide bonds. The average molecular weight is 332 g/mol. The third-order valence-corrected chi connectivity index (χ3v) is 4.84. The van der Waals surface area contributed by atoms with Crippen LogP contribution in [-0.4, -0.2) is 30.9 Å². The minimum atomic E-state index is -0.0585. The maximum Gasteiger partial charge on any atom is 0.199 e. The second kappa shape index (κ2) is 6.95. The molecule has 124 valence electrons. The molecular formula is C17H24N4OS. The van der Waals surface area contributed by atoms with Crippen LogP contribution >= 0.6 is 12.2 Å². The smallest absolute Gasteiger partial charge is 0.199 e. The first-order valence-corrected chi connectivity index (χ1v) is 8.60. The number of rotatable bonds is 7. The topological polar surface area (TPSA) is 46.2 Å². The predicted molar refractivity (Wildman–Crippen MR) is 92.5 cm³/mol. The van der Waals surface area contributed by atoms with Crippen molar-refractivity contribution in [3.63, 3.8) is 0 Å². The Bertz CT molecular complexity index is 732. The van der Waals surface area contributed by atoms with Gasteiger partial charge in [0, 0.05) is 12.6 Å². The molecular weight excluding hydrogens is 308 g/mol. The molecule has 23 heavy (non-hydrogen) atoms. The number of aryl methyl sites for hydroxylation is 1. The molecule has 0 saturated heterocycles. The minimum Gasteiger partial charge on any atom is -0.388 e. The van der Waals surface area contributed by atoms with Gasteiger partial charge in [-0.15, -0.1) is 0 Å². The Kier molecular flexibility index (Phi) is 4.94. The molecule has 0 radical (unpaired) electrons. The fourth-order valence-electron chi connectivity index (χ4n) is 2.84. The molecule has 1 aromatic heterocycles. The molecule has 0 bridgehead atoms. The molecule has 5 nitrogen and oxygen atoms in total. The molecule has 6 heteroatoms. The van der Waals surface area contributed by atoms with Gasteiger partial charge in [-0.05, 0) is 49.7 Å². The summed E-state index contributed by atoms with van der Waals surface area (Å²) < 4.78 is 4.59. The Labute approximate surface area is 142 Å². The van der Waals surface area contributed by atoms with Gasteiger partial charge in [0.1, 0.15) is 6.61 Å². The van der Waals surface area contributed by atoms with Crippen molar-refractivity contribution in [2.75, 3.05) is 6.54 Å². The van der Waals surface area contributed by atoms with E-state index < -0.39 is 0 Å². The SMILES string of the molecule is CCN(Cc1ccccc1C)Cn1nc(CO)n(C2CC2)c1=S. The van der Waals surface area contributed by atoms with Gasteiger partial charge in [0.25, 0.3) is 0 Å². The number of aliphatic hydroxyl groups is 1. The lowest BCUT2D eigenvalue weighted by Crippen LogP contribution is -2.27. The summed E-state index contributed by atoms with van der Waals surface area (Å²) in [6, 6.07) is 8.88. The highest BCUT2D eigenvalue weighted by Gasteiger charge is 2.28. The van der Waals surface area contributed by atoms with E-state index >= 15 is 0 Å². The van der Waals surface area contributed by atoms with Crippen LogP contribution in [0.1, 0.15) is 42.8 Å². The molecule has 0 aliphatic heterocycles. The first kappa shape index (κ1) is 16.4. The molecule has 0 atom stereocenters. The summed E-state index contributed by atoms with van der Waals surface area (Å²) in [7, 11) is 0. The normalized spacial score (nSPS) is 14.6. The van der Waals surface area contributed by atoms with Crippen molar-refractivity contribution >= 4 is 12.2 Å². The molecule has 1 N–H and O–H groups in total. The van der Waals surface area contributed by atoms with E-state index in [-0.39, 0.29) is 6.61 Å². The Morgan fingerprint density at radius 1 is 1.35 bits per heavy atom. The van der Waals surface area contributed by atoms with Gasteiger partial charge in [0.2, 0.25) is 0 Å². The lowest BCUT2D eigenvalue weighted by Gasteiger charge is -2.21. The van der Waals surface area contributed by atoms with E-state index in [0.717, 1.165) is 30.7 Å². The van der Waals surface area contributed by atoms with Gasteiger partial charge in [-0.2, -0.15) is 5.10 Å². The third-order valence-electron chi connectivity index (χ3n) is 4.43. The van der Waals surface area contributed by atoms with Crippen molar-refractivity contribution in [1.82, 2.24) is 19.2 Å². The van der Waals surface area contributed by atoms with Gasteiger partial charge >= 0.3 is 0 Å². The summed E-state index contributed by atoms with van der Waals surface area (Å²) in [5.74, 6) is 0.685. The number of aromatic nitrogens is 3. The van der Waals surface area contributed by atoms with Crippen LogP contribution in [0, 0.1) is 11.7 Å². The van der Waals surface area contributed by atoms with E-state index in [1.807, 2.05) is 9.25 Å². The fraction of sp³-hybridized carbons (Fsp3) is 0.529. The Hall–Kier alpha value is -1.50. The van der Waals surface area contributed by atoms with Crippen LogP contribution in [0.15, 0.2) is 24.3 Å². The van der Waals surface area contributed by atoms with Gasteiger partial charge in [0.15, 0.2) is 10.6 Å². The first-order chi connectivity index (χ1) is 11.1. The molecule has 0 spiro atoms. The molecule has 1 aliphatic carbocycles. The summed E-state index contributed by atoms with van der Waals surface area (Å²) >= 11 is 5.58. The molecule has 1 aromatic carbocycles. The first-order valence-electron chi connectivity index (χ1n) is 8.20. The summed E-state index contributed by atoms with van der Waals surface area (Å²) in [6.07, 6.45) is 2.27. The van der Waals surface area contributed by atoms with Crippen molar-refractivity contribution in [1.29, 1.82) is 0 Å². The van der Waals surface area contributed by atoms with Gasteiger partial charge in [0.05, 0.1) is 6.67 Å². The Balaban J connectivity index is 1.79. The monoisotopic (exact) mass is 332 g/mol. The summed E-state index contributed by atoms with van der Waals surface area (Å²) in [6.45, 7) is 6.66. The zero-order valence-electron chi connectivity index (χ0n) is 13.8. The average Bonchev–Trinajstić information content (AvgIpc) is 3.34. The highest BCUT2D eigenvalue weighted by atomic mass is 32.1. The largest absolute Gasteiger partial charge is 0.388 e. The van der Waals surface area contributed by atoms with E-state index in [1.165, 1.54) is 11.1 Å².